The van der Waals surface area contributed by atoms with Gasteiger partial charge in [-0.2, -0.15) is 0 Å². The lowest BCUT2D eigenvalue weighted by molar-refractivity contribution is 0.619. The zero-order chi connectivity index (χ0) is 34.7. The molecule has 9 rings (SSSR count). The van der Waals surface area contributed by atoms with Crippen molar-refractivity contribution in [1.82, 2.24) is 4.57 Å². The first kappa shape index (κ1) is 30.6. The fourth-order valence-corrected chi connectivity index (χ4v) is 7.78. The lowest BCUT2D eigenvalue weighted by Crippen LogP contribution is -2.16. The minimum Gasteiger partial charge on any atom is -0.309 e. The SMILES string of the molecule is CC1(C)c2cc(C#Cc3ccc(N(c4ccccc4F)c4ccccc4F)cc3)ccc2-c2ccc3c4ccccc4n(-c4ccccc4)c3c21. The maximum atomic E-state index is 15.0. The van der Waals surface area contributed by atoms with Crippen LogP contribution < -0.4 is 4.90 Å². The van der Waals surface area contributed by atoms with Crippen LogP contribution in [0.5, 0.6) is 0 Å². The monoisotopic (exact) mass is 662 g/mol. The van der Waals surface area contributed by atoms with E-state index >= 15 is 8.78 Å². The smallest absolute Gasteiger partial charge is 0.147 e. The van der Waals surface area contributed by atoms with Gasteiger partial charge in [0.15, 0.2) is 0 Å². The number of aromatic nitrogens is 1. The molecule has 0 N–H and O–H groups in total. The fourth-order valence-electron chi connectivity index (χ4n) is 7.78. The summed E-state index contributed by atoms with van der Waals surface area (Å²) < 4.78 is 32.4. The van der Waals surface area contributed by atoms with E-state index in [1.54, 1.807) is 41.3 Å². The van der Waals surface area contributed by atoms with E-state index in [1.165, 1.54) is 56.2 Å². The van der Waals surface area contributed by atoms with Crippen LogP contribution >= 0.6 is 0 Å². The standard InChI is InChI=1S/C47H32F2N2/c1-47(2)39-30-32(21-20-31-22-25-34(26-23-31)50(43-18-10-7-15-40(43)48)44-19-11-8-16-41(44)49)24-27-35(39)37-28-29-38-36-14-6-9-17-42(36)51(46(38)45(37)47)33-12-4-3-5-13-33/h3-19,22-30H,1-2H3. The van der Waals surface area contributed by atoms with Crippen LogP contribution in [-0.2, 0) is 5.41 Å². The molecule has 1 aliphatic rings. The molecule has 8 aromatic rings. The first-order valence-corrected chi connectivity index (χ1v) is 17.1. The number of para-hydroxylation sites is 4. The Morgan fingerprint density at radius 2 is 1.14 bits per heavy atom. The highest BCUT2D eigenvalue weighted by atomic mass is 19.1. The van der Waals surface area contributed by atoms with Gasteiger partial charge in [0.25, 0.3) is 0 Å². The van der Waals surface area contributed by atoms with Gasteiger partial charge >= 0.3 is 0 Å². The normalized spacial score (nSPS) is 12.7. The second-order valence-electron chi connectivity index (χ2n) is 13.5. The van der Waals surface area contributed by atoms with Gasteiger partial charge in [0.2, 0.25) is 0 Å². The van der Waals surface area contributed by atoms with E-state index in [-0.39, 0.29) is 16.8 Å². The van der Waals surface area contributed by atoms with E-state index in [2.05, 4.69) is 115 Å². The first-order valence-electron chi connectivity index (χ1n) is 17.1. The molecule has 2 nitrogen and oxygen atoms in total. The van der Waals surface area contributed by atoms with Crippen molar-refractivity contribution in [3.8, 4) is 28.7 Å². The molecule has 0 saturated heterocycles. The molecular weight excluding hydrogens is 631 g/mol. The first-order chi connectivity index (χ1) is 24.9. The Kier molecular flexibility index (Phi) is 7.12. The molecule has 51 heavy (non-hydrogen) atoms. The van der Waals surface area contributed by atoms with Gasteiger partial charge in [0, 0.05) is 38.7 Å². The molecule has 0 saturated carbocycles. The van der Waals surface area contributed by atoms with E-state index < -0.39 is 11.6 Å². The fraction of sp³-hybridized carbons (Fsp3) is 0.0638. The van der Waals surface area contributed by atoms with Gasteiger partial charge < -0.3 is 9.47 Å². The summed E-state index contributed by atoms with van der Waals surface area (Å²) in [6, 6.07) is 50.6. The van der Waals surface area contributed by atoms with Crippen LogP contribution in [-0.4, -0.2) is 4.57 Å². The third-order valence-corrected chi connectivity index (χ3v) is 10.1. The molecule has 0 bridgehead atoms. The summed E-state index contributed by atoms with van der Waals surface area (Å²) in [6.07, 6.45) is 0. The molecule has 0 atom stereocenters. The van der Waals surface area contributed by atoms with Crippen LogP contribution in [0.1, 0.15) is 36.1 Å². The van der Waals surface area contributed by atoms with Gasteiger partial charge in [0.05, 0.1) is 22.4 Å². The van der Waals surface area contributed by atoms with E-state index in [0.29, 0.717) is 5.69 Å². The molecule has 7 aromatic carbocycles. The Morgan fingerprint density at radius 3 is 1.84 bits per heavy atom. The zero-order valence-corrected chi connectivity index (χ0v) is 28.2. The second-order valence-corrected chi connectivity index (χ2v) is 13.5. The molecular formula is C47H32F2N2. The summed E-state index contributed by atoms with van der Waals surface area (Å²) in [5, 5.41) is 2.50. The number of rotatable bonds is 4. The number of fused-ring (bicyclic) bond motifs is 7. The summed E-state index contributed by atoms with van der Waals surface area (Å²) >= 11 is 0. The Balaban J connectivity index is 1.09. The lowest BCUT2D eigenvalue weighted by Gasteiger charge is -2.26. The van der Waals surface area contributed by atoms with Gasteiger partial charge in [-0.3, -0.25) is 0 Å². The molecule has 4 heteroatoms. The number of hydrogen-bond donors (Lipinski definition) is 0. The number of anilines is 3. The average Bonchev–Trinajstić information content (AvgIpc) is 3.61. The minimum absolute atomic E-state index is 0.268. The third-order valence-electron chi connectivity index (χ3n) is 10.1. The summed E-state index contributed by atoms with van der Waals surface area (Å²) in [6.45, 7) is 4.63. The number of nitrogens with zero attached hydrogens (tertiary/aromatic N) is 2. The van der Waals surface area contributed by atoms with Crippen molar-refractivity contribution in [2.75, 3.05) is 4.90 Å². The van der Waals surface area contributed by atoms with Crippen LogP contribution in [0.4, 0.5) is 25.8 Å². The van der Waals surface area contributed by atoms with Crippen molar-refractivity contribution in [2.24, 2.45) is 0 Å². The van der Waals surface area contributed by atoms with Gasteiger partial charge in [-0.05, 0) is 101 Å². The third kappa shape index (κ3) is 4.93. The number of halogens is 2. The van der Waals surface area contributed by atoms with Crippen LogP contribution in [0.25, 0.3) is 38.6 Å². The van der Waals surface area contributed by atoms with Crippen molar-refractivity contribution in [1.29, 1.82) is 0 Å². The maximum absolute atomic E-state index is 15.0. The van der Waals surface area contributed by atoms with Crippen LogP contribution in [0.3, 0.4) is 0 Å². The van der Waals surface area contributed by atoms with Crippen molar-refractivity contribution in [2.45, 2.75) is 19.3 Å². The Morgan fingerprint density at radius 1 is 0.549 bits per heavy atom. The molecule has 0 unspecified atom stereocenters. The zero-order valence-electron chi connectivity index (χ0n) is 28.2. The quantitative estimate of drug-likeness (QED) is 0.170. The summed E-state index contributed by atoms with van der Waals surface area (Å²) in [5.41, 5.74) is 11.3. The largest absolute Gasteiger partial charge is 0.309 e. The van der Waals surface area contributed by atoms with E-state index in [4.69, 9.17) is 0 Å². The van der Waals surface area contributed by atoms with Crippen molar-refractivity contribution >= 4 is 38.9 Å². The van der Waals surface area contributed by atoms with Crippen molar-refractivity contribution in [3.05, 3.63) is 192 Å². The van der Waals surface area contributed by atoms with E-state index in [0.717, 1.165) is 16.8 Å². The van der Waals surface area contributed by atoms with Gasteiger partial charge in [0.1, 0.15) is 11.6 Å². The highest BCUT2D eigenvalue weighted by Crippen LogP contribution is 2.53. The molecule has 0 radical (unpaired) electrons. The summed E-state index contributed by atoms with van der Waals surface area (Å²) in [4.78, 5) is 1.59. The molecule has 0 aliphatic heterocycles. The van der Waals surface area contributed by atoms with Crippen molar-refractivity contribution < 1.29 is 8.78 Å². The molecule has 1 heterocycles. The molecule has 1 aromatic heterocycles. The molecule has 0 fully saturated rings. The number of hydrogen-bond acceptors (Lipinski definition) is 1. The van der Waals surface area contributed by atoms with E-state index in [9.17, 15) is 0 Å². The lowest BCUT2D eigenvalue weighted by atomic mass is 9.81. The molecule has 1 aliphatic carbocycles. The average molecular weight is 663 g/mol. The Bertz CT molecular complexity index is 2650. The Hall–Kier alpha value is -6.44. The number of benzene rings is 7. The van der Waals surface area contributed by atoms with Crippen LogP contribution in [0, 0.1) is 23.5 Å². The minimum atomic E-state index is -0.437. The maximum Gasteiger partial charge on any atom is 0.147 e. The van der Waals surface area contributed by atoms with Crippen LogP contribution in [0.2, 0.25) is 0 Å². The predicted octanol–water partition coefficient (Wildman–Crippen LogP) is 12.2. The van der Waals surface area contributed by atoms with Crippen molar-refractivity contribution in [3.63, 3.8) is 0 Å². The van der Waals surface area contributed by atoms with Gasteiger partial charge in [-0.1, -0.05) is 105 Å². The summed E-state index contributed by atoms with van der Waals surface area (Å²) in [7, 11) is 0. The Labute approximate surface area is 295 Å². The molecule has 244 valence electrons. The molecule has 0 spiro atoms. The highest BCUT2D eigenvalue weighted by molar-refractivity contribution is 6.13. The predicted molar refractivity (Wildman–Crippen MR) is 205 cm³/mol. The van der Waals surface area contributed by atoms with Crippen LogP contribution in [0.15, 0.2) is 158 Å². The summed E-state index contributed by atoms with van der Waals surface area (Å²) in [5.74, 6) is 5.85. The highest BCUT2D eigenvalue weighted by Gasteiger charge is 2.38. The second kappa shape index (κ2) is 11.9. The van der Waals surface area contributed by atoms with E-state index in [1.807, 2.05) is 24.3 Å². The topological polar surface area (TPSA) is 8.17 Å². The van der Waals surface area contributed by atoms with Gasteiger partial charge in [-0.15, -0.1) is 0 Å². The molecule has 0 amide bonds. The van der Waals surface area contributed by atoms with Gasteiger partial charge in [-0.25, -0.2) is 8.78 Å².